The molecule has 4 aromatic rings. The Balaban J connectivity index is 1.23. The number of fused-ring (bicyclic) bond motifs is 1. The summed E-state index contributed by atoms with van der Waals surface area (Å²) >= 11 is 0. The van der Waals surface area contributed by atoms with E-state index in [2.05, 4.69) is 37.3 Å². The van der Waals surface area contributed by atoms with Gasteiger partial charge in [-0.3, -0.25) is 9.36 Å². The number of hydrogen-bond donors (Lipinski definition) is 1. The van der Waals surface area contributed by atoms with Crippen LogP contribution in [0, 0.1) is 0 Å². The molecule has 11 nitrogen and oxygen atoms in total. The minimum atomic E-state index is -2.82. The van der Waals surface area contributed by atoms with Crippen LogP contribution in [0.3, 0.4) is 0 Å². The van der Waals surface area contributed by atoms with E-state index in [0.717, 1.165) is 37.6 Å². The smallest absolute Gasteiger partial charge is 0.296 e. The van der Waals surface area contributed by atoms with Crippen molar-refractivity contribution in [3.8, 4) is 5.82 Å². The van der Waals surface area contributed by atoms with E-state index < -0.39 is 18.3 Å². The lowest BCUT2D eigenvalue weighted by Gasteiger charge is -2.29. The molecule has 6 rings (SSSR count). The highest BCUT2D eigenvalue weighted by Gasteiger charge is 2.25. The molecule has 2 aromatic heterocycles. The predicted octanol–water partition coefficient (Wildman–Crippen LogP) is 3.89. The van der Waals surface area contributed by atoms with Crippen LogP contribution < -0.4 is 15.1 Å². The summed E-state index contributed by atoms with van der Waals surface area (Å²) in [6.45, 7) is 7.53. The lowest BCUT2D eigenvalue weighted by atomic mass is 10.1. The molecule has 0 radical (unpaired) electrons. The standard InChI is InChI=1S/C31H36F2N8O3/c1-21(30(42)38(2)20-22-7-9-23(10-8-22)39-11-15-43-16-12-39)34-31-36-26(40-13-17-44-18-14-40)19-27(37-31)41-25-6-4-3-5-24(25)35-29(41)28(32)33/h3-10,19,21,28H,11-18,20H2,1-2H3,(H,34,36,37)/t21-/m0/s1. The first-order chi connectivity index (χ1) is 21.4. The molecule has 2 aliphatic heterocycles. The van der Waals surface area contributed by atoms with Crippen molar-refractivity contribution in [1.82, 2.24) is 24.4 Å². The molecule has 44 heavy (non-hydrogen) atoms. The first kappa shape index (κ1) is 29.7. The van der Waals surface area contributed by atoms with Gasteiger partial charge in [-0.25, -0.2) is 13.8 Å². The number of carbonyl (C=O) groups is 1. The summed E-state index contributed by atoms with van der Waals surface area (Å²) < 4.78 is 40.7. The second-order valence-electron chi connectivity index (χ2n) is 10.9. The van der Waals surface area contributed by atoms with E-state index in [1.807, 2.05) is 17.0 Å². The number of aromatic nitrogens is 4. The zero-order chi connectivity index (χ0) is 30.6. The van der Waals surface area contributed by atoms with Crippen LogP contribution in [-0.4, -0.2) is 96.0 Å². The van der Waals surface area contributed by atoms with Gasteiger partial charge >= 0.3 is 0 Å². The summed E-state index contributed by atoms with van der Waals surface area (Å²) in [6, 6.07) is 16.1. The zero-order valence-electron chi connectivity index (χ0n) is 24.8. The number of nitrogens with one attached hydrogen (secondary N) is 1. The number of anilines is 3. The number of hydrogen-bond acceptors (Lipinski definition) is 9. The highest BCUT2D eigenvalue weighted by Crippen LogP contribution is 2.29. The maximum Gasteiger partial charge on any atom is 0.296 e. The fourth-order valence-electron chi connectivity index (χ4n) is 5.56. The van der Waals surface area contributed by atoms with Gasteiger partial charge in [0.2, 0.25) is 11.9 Å². The number of carbonyl (C=O) groups excluding carboxylic acids is 1. The Hall–Kier alpha value is -4.36. The van der Waals surface area contributed by atoms with E-state index in [9.17, 15) is 13.6 Å². The van der Waals surface area contributed by atoms with Gasteiger partial charge in [-0.05, 0) is 36.8 Å². The molecular formula is C31H36F2N8O3. The van der Waals surface area contributed by atoms with E-state index >= 15 is 0 Å². The number of imidazole rings is 1. The van der Waals surface area contributed by atoms with Gasteiger partial charge < -0.3 is 29.5 Å². The number of morpholine rings is 2. The Bertz CT molecular complexity index is 1590. The van der Waals surface area contributed by atoms with Crippen LogP contribution >= 0.6 is 0 Å². The van der Waals surface area contributed by atoms with Gasteiger partial charge in [0.25, 0.3) is 6.43 Å². The van der Waals surface area contributed by atoms with Gasteiger partial charge in [-0.15, -0.1) is 0 Å². The van der Waals surface area contributed by atoms with Crippen molar-refractivity contribution in [3.05, 3.63) is 66.0 Å². The highest BCUT2D eigenvalue weighted by atomic mass is 19.3. The number of likely N-dealkylation sites (N-methyl/N-ethyl adjacent to an activating group) is 1. The van der Waals surface area contributed by atoms with Crippen molar-refractivity contribution in [2.24, 2.45) is 0 Å². The monoisotopic (exact) mass is 606 g/mol. The molecule has 0 spiro atoms. The minimum absolute atomic E-state index is 0.158. The van der Waals surface area contributed by atoms with Crippen molar-refractivity contribution in [1.29, 1.82) is 0 Å². The molecule has 2 saturated heterocycles. The van der Waals surface area contributed by atoms with E-state index in [-0.39, 0.29) is 17.7 Å². The van der Waals surface area contributed by atoms with E-state index in [1.54, 1.807) is 49.2 Å². The number of halogens is 2. The normalized spacial score (nSPS) is 16.4. The Labute approximate surface area is 254 Å². The van der Waals surface area contributed by atoms with Crippen LogP contribution in [0.1, 0.15) is 24.7 Å². The van der Waals surface area contributed by atoms with E-state index in [4.69, 9.17) is 9.47 Å². The van der Waals surface area contributed by atoms with Crippen LogP contribution in [0.25, 0.3) is 16.9 Å². The van der Waals surface area contributed by atoms with E-state index in [1.165, 1.54) is 4.57 Å². The third kappa shape index (κ3) is 6.43. The molecule has 1 N–H and O–H groups in total. The van der Waals surface area contributed by atoms with Gasteiger partial charge in [-0.2, -0.15) is 9.97 Å². The largest absolute Gasteiger partial charge is 0.378 e. The Morgan fingerprint density at radius 2 is 1.55 bits per heavy atom. The van der Waals surface area contributed by atoms with E-state index in [0.29, 0.717) is 49.7 Å². The fourth-order valence-corrected chi connectivity index (χ4v) is 5.56. The average molecular weight is 607 g/mol. The Kier molecular flexibility index (Phi) is 8.84. The lowest BCUT2D eigenvalue weighted by molar-refractivity contribution is -0.130. The first-order valence-electron chi connectivity index (χ1n) is 14.8. The summed E-state index contributed by atoms with van der Waals surface area (Å²) in [7, 11) is 1.75. The van der Waals surface area contributed by atoms with Gasteiger partial charge in [0.15, 0.2) is 5.82 Å². The first-order valence-corrected chi connectivity index (χ1v) is 14.8. The number of ether oxygens (including phenoxy) is 2. The zero-order valence-corrected chi connectivity index (χ0v) is 24.8. The quantitative estimate of drug-likeness (QED) is 0.304. The fraction of sp³-hybridized carbons (Fsp3) is 0.419. The summed E-state index contributed by atoms with van der Waals surface area (Å²) in [4.78, 5) is 32.8. The summed E-state index contributed by atoms with van der Waals surface area (Å²) in [6.07, 6.45) is -2.82. The molecule has 0 unspecified atom stereocenters. The molecule has 2 aliphatic rings. The Morgan fingerprint density at radius 3 is 2.23 bits per heavy atom. The van der Waals surface area contributed by atoms with Crippen LogP contribution in [-0.2, 0) is 20.8 Å². The maximum absolute atomic E-state index is 14.2. The number of amides is 1. The predicted molar refractivity (Wildman–Crippen MR) is 164 cm³/mol. The summed E-state index contributed by atoms with van der Waals surface area (Å²) in [5.74, 6) is 0.373. The number of alkyl halides is 2. The molecule has 1 atom stereocenters. The van der Waals surface area contributed by atoms with Gasteiger partial charge in [0, 0.05) is 51.5 Å². The van der Waals surface area contributed by atoms with Crippen LogP contribution in [0.15, 0.2) is 54.6 Å². The van der Waals surface area contributed by atoms with Gasteiger partial charge in [-0.1, -0.05) is 24.3 Å². The number of nitrogens with zero attached hydrogens (tertiary/aromatic N) is 7. The average Bonchev–Trinajstić information content (AvgIpc) is 3.46. The van der Waals surface area contributed by atoms with Crippen molar-refractivity contribution in [2.75, 3.05) is 74.8 Å². The molecule has 2 aromatic carbocycles. The second-order valence-corrected chi connectivity index (χ2v) is 10.9. The summed E-state index contributed by atoms with van der Waals surface area (Å²) in [5.41, 5.74) is 3.08. The molecule has 4 heterocycles. The van der Waals surface area contributed by atoms with Crippen molar-refractivity contribution in [2.45, 2.75) is 25.9 Å². The van der Waals surface area contributed by atoms with Crippen molar-refractivity contribution >= 4 is 34.4 Å². The maximum atomic E-state index is 14.2. The number of para-hydroxylation sites is 2. The van der Waals surface area contributed by atoms with Crippen LogP contribution in [0.5, 0.6) is 0 Å². The molecule has 13 heteroatoms. The number of rotatable bonds is 9. The molecule has 232 valence electrons. The Morgan fingerprint density at radius 1 is 0.909 bits per heavy atom. The minimum Gasteiger partial charge on any atom is -0.378 e. The third-order valence-corrected chi connectivity index (χ3v) is 7.87. The SMILES string of the molecule is C[C@H](Nc1nc(N2CCOCC2)cc(-n2c(C(F)F)nc3ccccc32)n1)C(=O)N(C)Cc1ccc(N2CCOCC2)cc1. The molecule has 0 bridgehead atoms. The second kappa shape index (κ2) is 13.1. The molecule has 1 amide bonds. The molecule has 2 fully saturated rings. The van der Waals surface area contributed by atoms with Crippen molar-refractivity contribution < 1.29 is 23.0 Å². The number of benzene rings is 2. The molecule has 0 saturated carbocycles. The van der Waals surface area contributed by atoms with Crippen LogP contribution in [0.4, 0.5) is 26.2 Å². The molecule has 0 aliphatic carbocycles. The molecular weight excluding hydrogens is 570 g/mol. The van der Waals surface area contributed by atoms with Crippen molar-refractivity contribution in [3.63, 3.8) is 0 Å². The summed E-state index contributed by atoms with van der Waals surface area (Å²) in [5, 5.41) is 3.13. The van der Waals surface area contributed by atoms with Gasteiger partial charge in [0.05, 0.1) is 37.5 Å². The highest BCUT2D eigenvalue weighted by molar-refractivity contribution is 5.84. The van der Waals surface area contributed by atoms with Crippen LogP contribution in [0.2, 0.25) is 0 Å². The topological polar surface area (TPSA) is 101 Å². The lowest BCUT2D eigenvalue weighted by Crippen LogP contribution is -2.39. The third-order valence-electron chi connectivity index (χ3n) is 7.87. The van der Waals surface area contributed by atoms with Gasteiger partial charge in [0.1, 0.15) is 17.7 Å².